The Morgan fingerprint density at radius 1 is 1.33 bits per heavy atom. The van der Waals surface area contributed by atoms with E-state index in [1.165, 1.54) is 30.3 Å². The Morgan fingerprint density at radius 2 is 2.11 bits per heavy atom. The lowest BCUT2D eigenvalue weighted by Crippen LogP contribution is -2.37. The van der Waals surface area contributed by atoms with Gasteiger partial charge in [-0.05, 0) is 31.4 Å². The molecule has 94 valence electrons. The number of anilines is 1. The van der Waals surface area contributed by atoms with Crippen molar-refractivity contribution in [3.63, 3.8) is 0 Å². The molecule has 0 amide bonds. The summed E-state index contributed by atoms with van der Waals surface area (Å²) >= 11 is 0. The molecule has 3 nitrogen and oxygen atoms in total. The van der Waals surface area contributed by atoms with Gasteiger partial charge in [0, 0.05) is 30.7 Å². The molecule has 0 aliphatic heterocycles. The molecule has 3 rings (SSSR count). The van der Waals surface area contributed by atoms with Gasteiger partial charge in [-0.1, -0.05) is 18.2 Å². The quantitative estimate of drug-likeness (QED) is 0.898. The van der Waals surface area contributed by atoms with E-state index in [9.17, 15) is 0 Å². The summed E-state index contributed by atoms with van der Waals surface area (Å²) in [5.74, 6) is 0. The van der Waals surface area contributed by atoms with Crippen LogP contribution in [0.2, 0.25) is 0 Å². The van der Waals surface area contributed by atoms with Crippen LogP contribution >= 0.6 is 0 Å². The molecular formula is C15H19N3. The second-order valence-electron chi connectivity index (χ2n) is 5.05. The predicted octanol–water partition coefficient (Wildman–Crippen LogP) is 2.68. The minimum absolute atomic E-state index is 0.496. The average Bonchev–Trinajstić information content (AvgIpc) is 2.35. The highest BCUT2D eigenvalue weighted by Crippen LogP contribution is 2.32. The van der Waals surface area contributed by atoms with Gasteiger partial charge in [0.05, 0.1) is 11.2 Å². The summed E-state index contributed by atoms with van der Waals surface area (Å²) in [6.45, 7) is 0.496. The van der Waals surface area contributed by atoms with Crippen molar-refractivity contribution in [2.45, 2.75) is 31.8 Å². The maximum absolute atomic E-state index is 5.75. The summed E-state index contributed by atoms with van der Waals surface area (Å²) in [4.78, 5) is 6.98. The maximum atomic E-state index is 5.75. The normalized spacial score (nSPS) is 15.7. The monoisotopic (exact) mass is 241 g/mol. The molecule has 0 bridgehead atoms. The zero-order valence-corrected chi connectivity index (χ0v) is 10.8. The molecule has 1 fully saturated rings. The minimum atomic E-state index is 0.496. The SMILES string of the molecule is CN(c1cc(CN)nc2ccccc12)C1CCC1. The summed E-state index contributed by atoms with van der Waals surface area (Å²) in [6, 6.07) is 11.1. The number of fused-ring (bicyclic) bond motifs is 1. The Hall–Kier alpha value is -1.61. The molecule has 1 aliphatic carbocycles. The average molecular weight is 241 g/mol. The van der Waals surface area contributed by atoms with Crippen molar-refractivity contribution in [1.29, 1.82) is 0 Å². The largest absolute Gasteiger partial charge is 0.371 e. The fourth-order valence-corrected chi connectivity index (χ4v) is 2.58. The van der Waals surface area contributed by atoms with Crippen molar-refractivity contribution in [1.82, 2.24) is 4.98 Å². The van der Waals surface area contributed by atoms with Crippen molar-refractivity contribution < 1.29 is 0 Å². The van der Waals surface area contributed by atoms with Crippen LogP contribution in [0.3, 0.4) is 0 Å². The van der Waals surface area contributed by atoms with Crippen molar-refractivity contribution in [3.8, 4) is 0 Å². The van der Waals surface area contributed by atoms with Gasteiger partial charge in [0.1, 0.15) is 0 Å². The molecular weight excluding hydrogens is 222 g/mol. The van der Waals surface area contributed by atoms with Gasteiger partial charge in [-0.2, -0.15) is 0 Å². The zero-order valence-electron chi connectivity index (χ0n) is 10.8. The number of pyridine rings is 1. The highest BCUT2D eigenvalue weighted by Gasteiger charge is 2.23. The standard InChI is InChI=1S/C15H19N3/c1-18(12-5-4-6-12)15-9-11(10-16)17-14-8-3-2-7-13(14)15/h2-3,7-9,12H,4-6,10,16H2,1H3. The first kappa shape index (κ1) is 11.5. The summed E-state index contributed by atoms with van der Waals surface area (Å²) in [7, 11) is 2.19. The van der Waals surface area contributed by atoms with E-state index in [4.69, 9.17) is 5.73 Å². The van der Waals surface area contributed by atoms with Gasteiger partial charge < -0.3 is 10.6 Å². The molecule has 3 heteroatoms. The van der Waals surface area contributed by atoms with E-state index < -0.39 is 0 Å². The molecule has 1 aliphatic rings. The first-order chi connectivity index (χ1) is 8.79. The Labute approximate surface area is 108 Å². The third-order valence-electron chi connectivity index (χ3n) is 3.96. The molecule has 0 atom stereocenters. The van der Waals surface area contributed by atoms with Gasteiger partial charge in [0.15, 0.2) is 0 Å². The van der Waals surface area contributed by atoms with Crippen LogP contribution in [0, 0.1) is 0 Å². The number of nitrogens with two attached hydrogens (primary N) is 1. The van der Waals surface area contributed by atoms with E-state index in [0.29, 0.717) is 12.6 Å². The fourth-order valence-electron chi connectivity index (χ4n) is 2.58. The van der Waals surface area contributed by atoms with Gasteiger partial charge in [0.25, 0.3) is 0 Å². The number of para-hydroxylation sites is 1. The van der Waals surface area contributed by atoms with E-state index in [1.54, 1.807) is 0 Å². The molecule has 0 saturated heterocycles. The fraction of sp³-hybridized carbons (Fsp3) is 0.400. The van der Waals surface area contributed by atoms with E-state index in [2.05, 4.69) is 41.2 Å². The first-order valence-corrected chi connectivity index (χ1v) is 6.61. The summed E-state index contributed by atoms with van der Waals surface area (Å²) in [5.41, 5.74) is 9.03. The third-order valence-corrected chi connectivity index (χ3v) is 3.96. The van der Waals surface area contributed by atoms with E-state index in [1.807, 2.05) is 6.07 Å². The molecule has 0 unspecified atom stereocenters. The molecule has 2 aromatic rings. The lowest BCUT2D eigenvalue weighted by molar-refractivity contribution is 0.401. The minimum Gasteiger partial charge on any atom is -0.371 e. The smallest absolute Gasteiger partial charge is 0.0726 e. The van der Waals surface area contributed by atoms with Crippen molar-refractivity contribution in [2.24, 2.45) is 5.73 Å². The lowest BCUT2D eigenvalue weighted by atomic mass is 9.91. The number of nitrogens with zero attached hydrogens (tertiary/aromatic N) is 2. The number of benzene rings is 1. The zero-order chi connectivity index (χ0) is 12.5. The van der Waals surface area contributed by atoms with Crippen LogP contribution in [0.25, 0.3) is 10.9 Å². The summed E-state index contributed by atoms with van der Waals surface area (Å²) in [6.07, 6.45) is 3.94. The van der Waals surface area contributed by atoms with Gasteiger partial charge in [-0.15, -0.1) is 0 Å². The first-order valence-electron chi connectivity index (χ1n) is 6.61. The van der Waals surface area contributed by atoms with Crippen molar-refractivity contribution in [2.75, 3.05) is 11.9 Å². The van der Waals surface area contributed by atoms with Gasteiger partial charge in [-0.25, -0.2) is 0 Å². The Kier molecular flexibility index (Phi) is 2.92. The molecule has 0 radical (unpaired) electrons. The maximum Gasteiger partial charge on any atom is 0.0726 e. The molecule has 1 aromatic carbocycles. The van der Waals surface area contributed by atoms with Crippen molar-refractivity contribution >= 4 is 16.6 Å². The van der Waals surface area contributed by atoms with E-state index >= 15 is 0 Å². The van der Waals surface area contributed by atoms with Crippen molar-refractivity contribution in [3.05, 3.63) is 36.0 Å². The molecule has 18 heavy (non-hydrogen) atoms. The highest BCUT2D eigenvalue weighted by molar-refractivity contribution is 5.92. The van der Waals surface area contributed by atoms with Crippen LogP contribution in [0.15, 0.2) is 30.3 Å². The number of aromatic nitrogens is 1. The number of hydrogen-bond acceptors (Lipinski definition) is 3. The molecule has 2 N–H and O–H groups in total. The van der Waals surface area contributed by atoms with Gasteiger partial charge in [0.2, 0.25) is 0 Å². The van der Waals surface area contributed by atoms with Crippen LogP contribution in [-0.4, -0.2) is 18.1 Å². The Balaban J connectivity index is 2.12. The topological polar surface area (TPSA) is 42.1 Å². The molecule has 1 saturated carbocycles. The van der Waals surface area contributed by atoms with Gasteiger partial charge in [-0.3, -0.25) is 4.98 Å². The second kappa shape index (κ2) is 4.58. The van der Waals surface area contributed by atoms with E-state index in [-0.39, 0.29) is 0 Å². The Bertz CT molecular complexity index is 561. The van der Waals surface area contributed by atoms with E-state index in [0.717, 1.165) is 11.2 Å². The van der Waals surface area contributed by atoms with Crippen LogP contribution in [0.4, 0.5) is 5.69 Å². The summed E-state index contributed by atoms with van der Waals surface area (Å²) in [5, 5.41) is 1.23. The van der Waals surface area contributed by atoms with Crippen LogP contribution in [0.1, 0.15) is 25.0 Å². The van der Waals surface area contributed by atoms with Gasteiger partial charge >= 0.3 is 0 Å². The van der Waals surface area contributed by atoms with Crippen LogP contribution < -0.4 is 10.6 Å². The molecule has 0 spiro atoms. The Morgan fingerprint density at radius 3 is 2.78 bits per heavy atom. The third kappa shape index (κ3) is 1.85. The second-order valence-corrected chi connectivity index (χ2v) is 5.05. The summed E-state index contributed by atoms with van der Waals surface area (Å²) < 4.78 is 0. The molecule has 1 aromatic heterocycles. The predicted molar refractivity (Wildman–Crippen MR) is 75.7 cm³/mol. The number of rotatable bonds is 3. The lowest BCUT2D eigenvalue weighted by Gasteiger charge is -2.37. The van der Waals surface area contributed by atoms with Crippen LogP contribution in [0.5, 0.6) is 0 Å². The number of hydrogen-bond donors (Lipinski definition) is 1. The molecule has 1 heterocycles. The highest BCUT2D eigenvalue weighted by atomic mass is 15.1. The van der Waals surface area contributed by atoms with Crippen LogP contribution in [-0.2, 0) is 6.54 Å².